The number of hydrogen-bond donors (Lipinski definition) is 0. The summed E-state index contributed by atoms with van der Waals surface area (Å²) < 4.78 is 5.74. The molecule has 3 rings (SSSR count). The molecule has 138 valence electrons. The molecule has 3 aromatic rings. The van der Waals surface area contributed by atoms with Crippen molar-refractivity contribution in [2.75, 3.05) is 6.54 Å². The lowest BCUT2D eigenvalue weighted by Gasteiger charge is -2.28. The number of carbonyl (C=O) groups excluding carboxylic acids is 1. The molecule has 1 aromatic carbocycles. The van der Waals surface area contributed by atoms with E-state index in [1.807, 2.05) is 55.3 Å². The number of hydrogen-bond acceptors (Lipinski definition) is 5. The highest BCUT2D eigenvalue weighted by Gasteiger charge is 2.23. The summed E-state index contributed by atoms with van der Waals surface area (Å²) in [4.78, 5) is 20.2. The highest BCUT2D eigenvalue weighted by molar-refractivity contribution is 7.13. The fourth-order valence-corrected chi connectivity index (χ4v) is 3.67. The van der Waals surface area contributed by atoms with Crippen molar-refractivity contribution < 1.29 is 9.21 Å². The first-order valence-electron chi connectivity index (χ1n) is 8.83. The van der Waals surface area contributed by atoms with Crippen LogP contribution in [0.25, 0.3) is 10.8 Å². The molecule has 27 heavy (non-hydrogen) atoms. The van der Waals surface area contributed by atoms with Gasteiger partial charge in [0.2, 0.25) is 11.8 Å². The summed E-state index contributed by atoms with van der Waals surface area (Å²) in [6.07, 6.45) is 0.204. The van der Waals surface area contributed by atoms with Gasteiger partial charge < -0.3 is 9.32 Å². The summed E-state index contributed by atoms with van der Waals surface area (Å²) in [6.45, 7) is 6.39. The van der Waals surface area contributed by atoms with Crippen molar-refractivity contribution in [2.24, 2.45) is 0 Å². The van der Waals surface area contributed by atoms with Gasteiger partial charge in [0.25, 0.3) is 0 Å². The number of nitriles is 1. The first-order chi connectivity index (χ1) is 13.0. The van der Waals surface area contributed by atoms with Crippen molar-refractivity contribution in [3.05, 3.63) is 64.4 Å². The zero-order valence-corrected chi connectivity index (χ0v) is 16.4. The number of oxazole rings is 1. The van der Waals surface area contributed by atoms with Crippen LogP contribution >= 0.6 is 11.3 Å². The first-order valence-corrected chi connectivity index (χ1v) is 9.71. The van der Waals surface area contributed by atoms with Crippen LogP contribution < -0.4 is 0 Å². The number of nitrogens with zero attached hydrogens (tertiary/aromatic N) is 3. The van der Waals surface area contributed by atoms with Crippen molar-refractivity contribution in [2.45, 2.75) is 33.2 Å². The molecule has 0 spiro atoms. The number of rotatable bonds is 6. The maximum atomic E-state index is 12.9. The highest BCUT2D eigenvalue weighted by Crippen LogP contribution is 2.27. The van der Waals surface area contributed by atoms with Crippen molar-refractivity contribution in [3.8, 4) is 16.8 Å². The second-order valence-electron chi connectivity index (χ2n) is 6.27. The third-order valence-corrected chi connectivity index (χ3v) is 5.45. The van der Waals surface area contributed by atoms with E-state index in [0.717, 1.165) is 10.4 Å². The standard InChI is InChI=1S/C21H21N3O2S/c1-4-24(14(2)17-9-7-16(13-22)8-10-17)20(25)12-18-15(3)26-21(23-18)19-6-5-11-27-19/h5-11,14H,4,12H2,1-3H3. The average molecular weight is 379 g/mol. The second kappa shape index (κ2) is 8.19. The molecule has 0 radical (unpaired) electrons. The van der Waals surface area contributed by atoms with Crippen LogP contribution in [0.1, 0.15) is 42.5 Å². The Morgan fingerprint density at radius 1 is 1.33 bits per heavy atom. The molecule has 0 bridgehead atoms. The van der Waals surface area contributed by atoms with Gasteiger partial charge in [-0.05, 0) is 49.9 Å². The quantitative estimate of drug-likeness (QED) is 0.620. The van der Waals surface area contributed by atoms with Gasteiger partial charge in [-0.25, -0.2) is 4.98 Å². The lowest BCUT2D eigenvalue weighted by molar-refractivity contribution is -0.132. The third-order valence-electron chi connectivity index (χ3n) is 4.59. The van der Waals surface area contributed by atoms with E-state index in [2.05, 4.69) is 11.1 Å². The topological polar surface area (TPSA) is 70.1 Å². The number of aryl methyl sites for hydroxylation is 1. The van der Waals surface area contributed by atoms with E-state index < -0.39 is 0 Å². The Morgan fingerprint density at radius 3 is 2.67 bits per heavy atom. The van der Waals surface area contributed by atoms with Gasteiger partial charge in [-0.15, -0.1) is 11.3 Å². The minimum absolute atomic E-state index is 0.00323. The van der Waals surface area contributed by atoms with Crippen molar-refractivity contribution in [1.29, 1.82) is 5.26 Å². The Bertz CT molecular complexity index is 952. The molecule has 1 atom stereocenters. The van der Waals surface area contributed by atoms with Gasteiger partial charge >= 0.3 is 0 Å². The first kappa shape index (κ1) is 18.9. The highest BCUT2D eigenvalue weighted by atomic mass is 32.1. The molecule has 2 heterocycles. The molecule has 0 N–H and O–H groups in total. The lowest BCUT2D eigenvalue weighted by atomic mass is 10.0. The number of aromatic nitrogens is 1. The van der Waals surface area contributed by atoms with Crippen LogP contribution in [0, 0.1) is 18.3 Å². The molecule has 0 aliphatic rings. The van der Waals surface area contributed by atoms with Crippen LogP contribution in [0.2, 0.25) is 0 Å². The average Bonchev–Trinajstić information content (AvgIpc) is 3.33. The Hall–Kier alpha value is -2.91. The van der Waals surface area contributed by atoms with Crippen LogP contribution in [-0.2, 0) is 11.2 Å². The molecule has 1 unspecified atom stereocenters. The molecule has 0 fully saturated rings. The predicted molar refractivity (Wildman–Crippen MR) is 105 cm³/mol. The van der Waals surface area contributed by atoms with Gasteiger partial charge in [0.1, 0.15) is 5.76 Å². The minimum atomic E-state index is -0.0841. The Balaban J connectivity index is 1.76. The molecule has 0 saturated carbocycles. The van der Waals surface area contributed by atoms with E-state index in [4.69, 9.17) is 9.68 Å². The van der Waals surface area contributed by atoms with Crippen LogP contribution in [0.4, 0.5) is 0 Å². The van der Waals surface area contributed by atoms with Gasteiger partial charge in [-0.3, -0.25) is 4.79 Å². The monoisotopic (exact) mass is 379 g/mol. The van der Waals surface area contributed by atoms with E-state index in [1.54, 1.807) is 23.5 Å². The summed E-state index contributed by atoms with van der Waals surface area (Å²) in [5, 5.41) is 10.9. The fourth-order valence-electron chi connectivity index (χ4n) is 3.02. The van der Waals surface area contributed by atoms with Crippen molar-refractivity contribution in [3.63, 3.8) is 0 Å². The van der Waals surface area contributed by atoms with Gasteiger partial charge in [0.05, 0.1) is 34.7 Å². The zero-order valence-electron chi connectivity index (χ0n) is 15.6. The van der Waals surface area contributed by atoms with Gasteiger partial charge in [0.15, 0.2) is 0 Å². The summed E-state index contributed by atoms with van der Waals surface area (Å²) in [7, 11) is 0. The van der Waals surface area contributed by atoms with E-state index >= 15 is 0 Å². The SMILES string of the molecule is CCN(C(=O)Cc1nc(-c2cccs2)oc1C)C(C)c1ccc(C#N)cc1. The largest absolute Gasteiger partial charge is 0.440 e. The molecule has 0 aliphatic heterocycles. The third kappa shape index (κ3) is 4.09. The van der Waals surface area contributed by atoms with Crippen molar-refractivity contribution in [1.82, 2.24) is 9.88 Å². The zero-order chi connectivity index (χ0) is 19.4. The fraction of sp³-hybridized carbons (Fsp3) is 0.286. The molecule has 2 aromatic heterocycles. The molecule has 6 heteroatoms. The summed E-state index contributed by atoms with van der Waals surface area (Å²) in [5.41, 5.74) is 2.29. The molecular weight excluding hydrogens is 358 g/mol. The number of likely N-dealkylation sites (N-methyl/N-ethyl adjacent to an activating group) is 1. The summed E-state index contributed by atoms with van der Waals surface area (Å²) in [5.74, 6) is 1.24. The molecular formula is C21H21N3O2S. The van der Waals surface area contributed by atoms with E-state index in [9.17, 15) is 4.79 Å². The van der Waals surface area contributed by atoms with Crippen LogP contribution in [0.15, 0.2) is 46.2 Å². The Morgan fingerprint density at radius 2 is 2.07 bits per heavy atom. The summed E-state index contributed by atoms with van der Waals surface area (Å²) in [6, 6.07) is 13.3. The van der Waals surface area contributed by atoms with Crippen LogP contribution in [0.3, 0.4) is 0 Å². The normalized spacial score (nSPS) is 11.8. The Kier molecular flexibility index (Phi) is 5.72. The number of carbonyl (C=O) groups is 1. The maximum Gasteiger partial charge on any atom is 0.236 e. The van der Waals surface area contributed by atoms with Gasteiger partial charge in [0, 0.05) is 6.54 Å². The van der Waals surface area contributed by atoms with Crippen LogP contribution in [0.5, 0.6) is 0 Å². The maximum absolute atomic E-state index is 12.9. The van der Waals surface area contributed by atoms with E-state index in [0.29, 0.717) is 29.5 Å². The number of thiophene rings is 1. The number of amides is 1. The summed E-state index contributed by atoms with van der Waals surface area (Å²) >= 11 is 1.56. The smallest absolute Gasteiger partial charge is 0.236 e. The molecule has 5 nitrogen and oxygen atoms in total. The molecule has 0 aliphatic carbocycles. The van der Waals surface area contributed by atoms with Gasteiger partial charge in [-0.1, -0.05) is 18.2 Å². The van der Waals surface area contributed by atoms with Crippen LogP contribution in [-0.4, -0.2) is 22.3 Å². The Labute approximate surface area is 162 Å². The number of benzene rings is 1. The lowest BCUT2D eigenvalue weighted by Crippen LogP contribution is -2.34. The second-order valence-corrected chi connectivity index (χ2v) is 7.21. The molecule has 0 saturated heterocycles. The minimum Gasteiger partial charge on any atom is -0.440 e. The predicted octanol–water partition coefficient (Wildman–Crippen LogP) is 4.74. The van der Waals surface area contributed by atoms with E-state index in [1.165, 1.54) is 0 Å². The van der Waals surface area contributed by atoms with Gasteiger partial charge in [-0.2, -0.15) is 5.26 Å². The molecule has 1 amide bonds. The van der Waals surface area contributed by atoms with E-state index in [-0.39, 0.29) is 18.4 Å². The van der Waals surface area contributed by atoms with Crippen molar-refractivity contribution >= 4 is 17.2 Å².